The maximum Gasteiger partial charge on any atom is 0.328 e. The highest BCUT2D eigenvalue weighted by molar-refractivity contribution is 5.85. The molecule has 0 aromatic heterocycles. The standard InChI is InChI=1S/C16H19FO3/c1-2-3-4-5-6-11-20-15-9-8-14(17)12-13(15)7-10-16(18)19/h2,7-10,12H,1,3-6,11H2,(H,18,19)/b10-7+. The molecule has 0 aliphatic rings. The van der Waals surface area contributed by atoms with Gasteiger partial charge in [0.05, 0.1) is 6.61 Å². The van der Waals surface area contributed by atoms with Gasteiger partial charge in [0.1, 0.15) is 11.6 Å². The first-order valence-electron chi connectivity index (χ1n) is 6.57. The number of carbonyl (C=O) groups is 1. The van der Waals surface area contributed by atoms with E-state index in [9.17, 15) is 9.18 Å². The van der Waals surface area contributed by atoms with Crippen LogP contribution >= 0.6 is 0 Å². The van der Waals surface area contributed by atoms with Crippen molar-refractivity contribution in [1.82, 2.24) is 0 Å². The maximum absolute atomic E-state index is 13.2. The highest BCUT2D eigenvalue weighted by Gasteiger charge is 2.03. The van der Waals surface area contributed by atoms with Gasteiger partial charge in [-0.05, 0) is 50.0 Å². The number of unbranched alkanes of at least 4 members (excludes halogenated alkanes) is 3. The number of carboxylic acids is 1. The van der Waals surface area contributed by atoms with Crippen LogP contribution in [-0.2, 0) is 4.79 Å². The van der Waals surface area contributed by atoms with Gasteiger partial charge in [0, 0.05) is 11.6 Å². The molecule has 0 atom stereocenters. The largest absolute Gasteiger partial charge is 0.493 e. The van der Waals surface area contributed by atoms with Gasteiger partial charge in [-0.25, -0.2) is 9.18 Å². The van der Waals surface area contributed by atoms with Crippen LogP contribution in [0.25, 0.3) is 6.08 Å². The fourth-order valence-corrected chi connectivity index (χ4v) is 1.69. The summed E-state index contributed by atoms with van der Waals surface area (Å²) in [5.74, 6) is -1.01. The van der Waals surface area contributed by atoms with Crippen LogP contribution in [0.3, 0.4) is 0 Å². The molecule has 0 spiro atoms. The summed E-state index contributed by atoms with van der Waals surface area (Å²) >= 11 is 0. The molecule has 1 rings (SSSR count). The van der Waals surface area contributed by atoms with E-state index in [0.717, 1.165) is 31.8 Å². The van der Waals surface area contributed by atoms with Crippen molar-refractivity contribution < 1.29 is 19.0 Å². The number of halogens is 1. The molecular formula is C16H19FO3. The van der Waals surface area contributed by atoms with E-state index >= 15 is 0 Å². The Morgan fingerprint density at radius 2 is 2.15 bits per heavy atom. The zero-order valence-corrected chi connectivity index (χ0v) is 11.3. The molecule has 0 unspecified atom stereocenters. The first-order chi connectivity index (χ1) is 9.63. The van der Waals surface area contributed by atoms with E-state index in [-0.39, 0.29) is 0 Å². The summed E-state index contributed by atoms with van der Waals surface area (Å²) in [7, 11) is 0. The predicted octanol–water partition coefficient (Wildman–Crippen LogP) is 4.05. The van der Waals surface area contributed by atoms with Crippen molar-refractivity contribution in [1.29, 1.82) is 0 Å². The molecule has 0 aliphatic carbocycles. The van der Waals surface area contributed by atoms with Crippen LogP contribution in [0.1, 0.15) is 31.2 Å². The molecule has 0 fully saturated rings. The van der Waals surface area contributed by atoms with Crippen molar-refractivity contribution in [2.24, 2.45) is 0 Å². The van der Waals surface area contributed by atoms with Crippen LogP contribution in [0.15, 0.2) is 36.9 Å². The molecule has 0 heterocycles. The highest BCUT2D eigenvalue weighted by atomic mass is 19.1. The SMILES string of the molecule is C=CCCCCCOc1ccc(F)cc1/C=C/C(=O)O. The summed E-state index contributed by atoms with van der Waals surface area (Å²) < 4.78 is 18.7. The third kappa shape index (κ3) is 6.18. The van der Waals surface area contributed by atoms with Crippen molar-refractivity contribution >= 4 is 12.0 Å². The van der Waals surface area contributed by atoms with E-state index in [2.05, 4.69) is 6.58 Å². The average Bonchev–Trinajstić information content (AvgIpc) is 2.42. The minimum absolute atomic E-state index is 0.423. The fourth-order valence-electron chi connectivity index (χ4n) is 1.69. The first-order valence-corrected chi connectivity index (χ1v) is 6.57. The van der Waals surface area contributed by atoms with Gasteiger partial charge in [-0.1, -0.05) is 6.08 Å². The van der Waals surface area contributed by atoms with E-state index in [1.807, 2.05) is 6.08 Å². The molecule has 1 N–H and O–H groups in total. The number of benzene rings is 1. The first kappa shape index (κ1) is 16.0. The number of rotatable bonds is 9. The number of allylic oxidation sites excluding steroid dienone is 1. The Bertz CT molecular complexity index is 481. The molecule has 0 saturated carbocycles. The lowest BCUT2D eigenvalue weighted by Gasteiger charge is -2.09. The zero-order valence-electron chi connectivity index (χ0n) is 11.3. The Morgan fingerprint density at radius 3 is 2.85 bits per heavy atom. The molecule has 0 radical (unpaired) electrons. The quantitative estimate of drug-likeness (QED) is 0.421. The van der Waals surface area contributed by atoms with Crippen molar-refractivity contribution in [2.45, 2.75) is 25.7 Å². The molecule has 1 aromatic rings. The van der Waals surface area contributed by atoms with Gasteiger partial charge in [-0.15, -0.1) is 6.58 Å². The molecule has 0 bridgehead atoms. The Balaban J connectivity index is 2.55. The number of hydrogen-bond acceptors (Lipinski definition) is 2. The third-order valence-corrected chi connectivity index (χ3v) is 2.69. The average molecular weight is 278 g/mol. The van der Waals surface area contributed by atoms with Crippen LogP contribution in [0.4, 0.5) is 4.39 Å². The molecular weight excluding hydrogens is 259 g/mol. The van der Waals surface area contributed by atoms with Crippen molar-refractivity contribution in [3.63, 3.8) is 0 Å². The molecule has 0 saturated heterocycles. The fraction of sp³-hybridized carbons (Fsp3) is 0.312. The molecule has 20 heavy (non-hydrogen) atoms. The topological polar surface area (TPSA) is 46.5 Å². The van der Waals surface area contributed by atoms with Gasteiger partial charge in [0.15, 0.2) is 0 Å². The second kappa shape index (κ2) is 8.91. The van der Waals surface area contributed by atoms with Gasteiger partial charge in [0.25, 0.3) is 0 Å². The molecule has 0 aliphatic heterocycles. The van der Waals surface area contributed by atoms with E-state index in [0.29, 0.717) is 17.9 Å². The maximum atomic E-state index is 13.2. The second-order valence-electron chi connectivity index (χ2n) is 4.34. The molecule has 3 nitrogen and oxygen atoms in total. The Kier molecular flexibility index (Phi) is 7.11. The highest BCUT2D eigenvalue weighted by Crippen LogP contribution is 2.21. The summed E-state index contributed by atoms with van der Waals surface area (Å²) in [6.07, 6.45) is 8.17. The van der Waals surface area contributed by atoms with Crippen LogP contribution in [0.5, 0.6) is 5.75 Å². The minimum Gasteiger partial charge on any atom is -0.493 e. The third-order valence-electron chi connectivity index (χ3n) is 2.69. The monoisotopic (exact) mass is 278 g/mol. The van der Waals surface area contributed by atoms with Crippen molar-refractivity contribution in [2.75, 3.05) is 6.61 Å². The van der Waals surface area contributed by atoms with Gasteiger partial charge in [-0.2, -0.15) is 0 Å². The van der Waals surface area contributed by atoms with E-state index in [4.69, 9.17) is 9.84 Å². The Morgan fingerprint density at radius 1 is 1.35 bits per heavy atom. The van der Waals surface area contributed by atoms with Gasteiger partial charge >= 0.3 is 5.97 Å². The van der Waals surface area contributed by atoms with Gasteiger partial charge in [-0.3, -0.25) is 0 Å². The van der Waals surface area contributed by atoms with Gasteiger partial charge in [0.2, 0.25) is 0 Å². The smallest absolute Gasteiger partial charge is 0.328 e. The number of hydrogen-bond donors (Lipinski definition) is 1. The Hall–Kier alpha value is -2.10. The van der Waals surface area contributed by atoms with E-state index < -0.39 is 11.8 Å². The zero-order chi connectivity index (χ0) is 14.8. The Labute approximate surface area is 118 Å². The summed E-state index contributed by atoms with van der Waals surface area (Å²) in [5.41, 5.74) is 0.429. The molecule has 1 aromatic carbocycles. The number of carboxylic acid groups (broad SMARTS) is 1. The van der Waals surface area contributed by atoms with Crippen LogP contribution in [0, 0.1) is 5.82 Å². The van der Waals surface area contributed by atoms with E-state index in [1.165, 1.54) is 24.3 Å². The lowest BCUT2D eigenvalue weighted by molar-refractivity contribution is -0.131. The van der Waals surface area contributed by atoms with Crippen molar-refractivity contribution in [3.8, 4) is 5.75 Å². The summed E-state index contributed by atoms with van der Waals surface area (Å²) in [5, 5.41) is 8.60. The molecule has 4 heteroatoms. The van der Waals surface area contributed by atoms with Crippen molar-refractivity contribution in [3.05, 3.63) is 48.3 Å². The lowest BCUT2D eigenvalue weighted by atomic mass is 10.1. The minimum atomic E-state index is -1.08. The summed E-state index contributed by atoms with van der Waals surface area (Å²) in [6.45, 7) is 4.18. The summed E-state index contributed by atoms with van der Waals surface area (Å²) in [6, 6.07) is 4.07. The molecule has 108 valence electrons. The van der Waals surface area contributed by atoms with E-state index in [1.54, 1.807) is 0 Å². The number of aliphatic carboxylic acids is 1. The normalized spacial score (nSPS) is 10.7. The van der Waals surface area contributed by atoms with Crippen LogP contribution in [-0.4, -0.2) is 17.7 Å². The lowest BCUT2D eigenvalue weighted by Crippen LogP contribution is -1.99. The van der Waals surface area contributed by atoms with Crippen LogP contribution in [0.2, 0.25) is 0 Å². The van der Waals surface area contributed by atoms with Gasteiger partial charge < -0.3 is 9.84 Å². The second-order valence-corrected chi connectivity index (χ2v) is 4.34. The molecule has 0 amide bonds. The summed E-state index contributed by atoms with van der Waals surface area (Å²) in [4.78, 5) is 10.5. The predicted molar refractivity (Wildman–Crippen MR) is 77.2 cm³/mol. The van der Waals surface area contributed by atoms with Crippen LogP contribution < -0.4 is 4.74 Å². The number of ether oxygens (including phenoxy) is 1.